The molecule has 1 heterocycles. The zero-order valence-corrected chi connectivity index (χ0v) is 16.7. The largest absolute Gasteiger partial charge is 0.483 e. The summed E-state index contributed by atoms with van der Waals surface area (Å²) in [5, 5.41) is 4.16. The third kappa shape index (κ3) is 5.22. The minimum absolute atomic E-state index is 0.202. The van der Waals surface area contributed by atoms with Crippen LogP contribution >= 0.6 is 0 Å². The number of hydrogen-bond acceptors (Lipinski definition) is 4. The number of nitrogens with zero attached hydrogens (tertiary/aromatic N) is 2. The van der Waals surface area contributed by atoms with Crippen molar-refractivity contribution in [1.29, 1.82) is 0 Å². The van der Waals surface area contributed by atoms with Crippen LogP contribution in [0, 0.1) is 6.92 Å². The maximum atomic E-state index is 12.2. The molecule has 150 valence electrons. The van der Waals surface area contributed by atoms with Gasteiger partial charge in [-0.3, -0.25) is 20.4 Å². The highest BCUT2D eigenvalue weighted by molar-refractivity contribution is 5.95. The Labute approximate surface area is 169 Å². The molecule has 1 aromatic heterocycles. The van der Waals surface area contributed by atoms with Gasteiger partial charge in [0.1, 0.15) is 5.75 Å². The number of amides is 2. The van der Waals surface area contributed by atoms with Crippen molar-refractivity contribution in [2.75, 3.05) is 6.61 Å². The van der Waals surface area contributed by atoms with Crippen molar-refractivity contribution in [2.45, 2.75) is 26.7 Å². The lowest BCUT2D eigenvalue weighted by atomic mass is 10.0. The SMILES string of the molecule is Cc1ccc(C(C)C)c(OCC(=O)NNC(=O)c2cnn(-c3ccccc3)c2)c1. The van der Waals surface area contributed by atoms with Crippen molar-refractivity contribution in [1.82, 2.24) is 20.6 Å². The standard InChI is InChI=1S/C22H24N4O3/c1-15(2)19-10-9-16(3)11-20(19)29-14-21(27)24-25-22(28)17-12-23-26(13-17)18-7-5-4-6-8-18/h4-13,15H,14H2,1-3H3,(H,24,27)(H,25,28). The Hall–Kier alpha value is -3.61. The summed E-state index contributed by atoms with van der Waals surface area (Å²) in [7, 11) is 0. The highest BCUT2D eigenvalue weighted by atomic mass is 16.5. The van der Waals surface area contributed by atoms with E-state index in [1.165, 1.54) is 6.20 Å². The van der Waals surface area contributed by atoms with Gasteiger partial charge in [-0.25, -0.2) is 4.68 Å². The van der Waals surface area contributed by atoms with Gasteiger partial charge < -0.3 is 4.74 Å². The van der Waals surface area contributed by atoms with Gasteiger partial charge in [0.15, 0.2) is 6.61 Å². The number of rotatable bonds is 6. The van der Waals surface area contributed by atoms with Crippen LogP contribution < -0.4 is 15.6 Å². The van der Waals surface area contributed by atoms with Gasteiger partial charge in [-0.05, 0) is 42.2 Å². The summed E-state index contributed by atoms with van der Waals surface area (Å²) in [6.07, 6.45) is 3.03. The first-order valence-electron chi connectivity index (χ1n) is 9.36. The number of benzene rings is 2. The fourth-order valence-electron chi connectivity index (χ4n) is 2.78. The van der Waals surface area contributed by atoms with Crippen molar-refractivity contribution in [2.24, 2.45) is 0 Å². The van der Waals surface area contributed by atoms with Crippen molar-refractivity contribution in [3.8, 4) is 11.4 Å². The molecule has 2 N–H and O–H groups in total. The van der Waals surface area contributed by atoms with E-state index in [4.69, 9.17) is 4.74 Å². The molecule has 0 bridgehead atoms. The van der Waals surface area contributed by atoms with Crippen molar-refractivity contribution >= 4 is 11.8 Å². The van der Waals surface area contributed by atoms with Crippen LogP contribution in [0.25, 0.3) is 5.69 Å². The van der Waals surface area contributed by atoms with E-state index in [2.05, 4.69) is 29.8 Å². The number of nitrogens with one attached hydrogen (secondary N) is 2. The lowest BCUT2D eigenvalue weighted by molar-refractivity contribution is -0.123. The van der Waals surface area contributed by atoms with Gasteiger partial charge >= 0.3 is 0 Å². The first-order chi connectivity index (χ1) is 13.9. The molecule has 0 unspecified atom stereocenters. The minimum Gasteiger partial charge on any atom is -0.483 e. The Morgan fingerprint density at radius 3 is 2.59 bits per heavy atom. The fraction of sp³-hybridized carbons (Fsp3) is 0.227. The fourth-order valence-corrected chi connectivity index (χ4v) is 2.78. The average molecular weight is 392 g/mol. The number of aromatic nitrogens is 2. The van der Waals surface area contributed by atoms with Gasteiger partial charge in [0, 0.05) is 6.20 Å². The zero-order chi connectivity index (χ0) is 20.8. The Morgan fingerprint density at radius 1 is 1.10 bits per heavy atom. The zero-order valence-electron chi connectivity index (χ0n) is 16.7. The molecule has 0 saturated heterocycles. The van der Waals surface area contributed by atoms with Gasteiger partial charge in [-0.1, -0.05) is 44.2 Å². The van der Waals surface area contributed by atoms with Crippen molar-refractivity contribution in [3.63, 3.8) is 0 Å². The van der Waals surface area contributed by atoms with Gasteiger partial charge in [-0.15, -0.1) is 0 Å². The summed E-state index contributed by atoms with van der Waals surface area (Å²) < 4.78 is 7.25. The van der Waals surface area contributed by atoms with Gasteiger partial charge in [0.2, 0.25) is 0 Å². The highest BCUT2D eigenvalue weighted by Gasteiger charge is 2.13. The van der Waals surface area contributed by atoms with E-state index in [0.29, 0.717) is 11.3 Å². The van der Waals surface area contributed by atoms with Crippen LogP contribution in [-0.4, -0.2) is 28.2 Å². The van der Waals surface area contributed by atoms with E-state index in [-0.39, 0.29) is 12.5 Å². The molecular formula is C22H24N4O3. The molecule has 0 radical (unpaired) electrons. The first kappa shape index (κ1) is 20.1. The number of carbonyl (C=O) groups excluding carboxylic acids is 2. The predicted octanol–water partition coefficient (Wildman–Crippen LogP) is 3.14. The van der Waals surface area contributed by atoms with Crippen LogP contribution in [0.3, 0.4) is 0 Å². The summed E-state index contributed by atoms with van der Waals surface area (Å²) in [4.78, 5) is 24.3. The van der Waals surface area contributed by atoms with Crippen LogP contribution in [0.15, 0.2) is 60.9 Å². The predicted molar refractivity (Wildman–Crippen MR) is 110 cm³/mol. The normalized spacial score (nSPS) is 10.6. The molecule has 0 atom stereocenters. The van der Waals surface area contributed by atoms with Crippen molar-refractivity contribution < 1.29 is 14.3 Å². The highest BCUT2D eigenvalue weighted by Crippen LogP contribution is 2.27. The number of hydrazine groups is 1. The Bertz CT molecular complexity index is 996. The second-order valence-electron chi connectivity index (χ2n) is 7.00. The molecule has 3 rings (SSSR count). The summed E-state index contributed by atoms with van der Waals surface area (Å²) >= 11 is 0. The monoisotopic (exact) mass is 392 g/mol. The quantitative estimate of drug-likeness (QED) is 0.631. The van der Waals surface area contributed by atoms with Crippen molar-refractivity contribution in [3.05, 3.63) is 77.6 Å². The third-order valence-electron chi connectivity index (χ3n) is 4.33. The Kier molecular flexibility index (Phi) is 6.29. The second kappa shape index (κ2) is 9.05. The van der Waals surface area contributed by atoms with E-state index in [1.807, 2.05) is 55.5 Å². The molecule has 7 heteroatoms. The number of aryl methyl sites for hydroxylation is 1. The lowest BCUT2D eigenvalue weighted by Gasteiger charge is -2.15. The molecule has 2 aromatic carbocycles. The molecule has 3 aromatic rings. The minimum atomic E-state index is -0.459. The van der Waals surface area contributed by atoms with Crippen LogP contribution in [-0.2, 0) is 4.79 Å². The second-order valence-corrected chi connectivity index (χ2v) is 7.00. The first-order valence-corrected chi connectivity index (χ1v) is 9.36. The molecular weight excluding hydrogens is 368 g/mol. The summed E-state index contributed by atoms with van der Waals surface area (Å²) in [5.74, 6) is 0.0316. The molecule has 0 aliphatic rings. The molecule has 0 saturated carbocycles. The lowest BCUT2D eigenvalue weighted by Crippen LogP contribution is -2.43. The molecule has 0 spiro atoms. The molecule has 0 aliphatic heterocycles. The average Bonchev–Trinajstić information content (AvgIpc) is 3.21. The third-order valence-corrected chi connectivity index (χ3v) is 4.33. The summed E-state index contributed by atoms with van der Waals surface area (Å²) in [6.45, 7) is 5.89. The van der Waals surface area contributed by atoms with Gasteiger partial charge in [-0.2, -0.15) is 5.10 Å². The maximum Gasteiger partial charge on any atom is 0.276 e. The van der Waals surface area contributed by atoms with Crippen LogP contribution in [0.4, 0.5) is 0 Å². The molecule has 0 aliphatic carbocycles. The maximum absolute atomic E-state index is 12.2. The van der Waals surface area contributed by atoms with Gasteiger partial charge in [0.25, 0.3) is 11.8 Å². The van der Waals surface area contributed by atoms with E-state index in [1.54, 1.807) is 10.9 Å². The number of ether oxygens (including phenoxy) is 1. The van der Waals surface area contributed by atoms with Crippen LogP contribution in [0.1, 0.15) is 41.3 Å². The van der Waals surface area contributed by atoms with E-state index >= 15 is 0 Å². The van der Waals surface area contributed by atoms with Crippen LogP contribution in [0.5, 0.6) is 5.75 Å². The molecule has 2 amide bonds. The molecule has 29 heavy (non-hydrogen) atoms. The van der Waals surface area contributed by atoms with E-state index in [9.17, 15) is 9.59 Å². The number of para-hydroxylation sites is 1. The van der Waals surface area contributed by atoms with Crippen LogP contribution in [0.2, 0.25) is 0 Å². The smallest absolute Gasteiger partial charge is 0.276 e. The number of carbonyl (C=O) groups is 2. The Balaban J connectivity index is 1.53. The topological polar surface area (TPSA) is 85.2 Å². The molecule has 0 fully saturated rings. The summed E-state index contributed by atoms with van der Waals surface area (Å²) in [6, 6.07) is 15.3. The molecule has 7 nitrogen and oxygen atoms in total. The van der Waals surface area contributed by atoms with E-state index in [0.717, 1.165) is 16.8 Å². The van der Waals surface area contributed by atoms with Gasteiger partial charge in [0.05, 0.1) is 17.4 Å². The number of hydrogen-bond donors (Lipinski definition) is 2. The summed E-state index contributed by atoms with van der Waals surface area (Å²) in [5.41, 5.74) is 7.98. The Morgan fingerprint density at radius 2 is 1.86 bits per heavy atom. The van der Waals surface area contributed by atoms with E-state index < -0.39 is 11.8 Å².